The smallest absolute Gasteiger partial charge is 0.245 e. The van der Waals surface area contributed by atoms with Gasteiger partial charge in [0.15, 0.2) is 0 Å². The van der Waals surface area contributed by atoms with Gasteiger partial charge in [-0.25, -0.2) is 9.97 Å². The van der Waals surface area contributed by atoms with Gasteiger partial charge in [-0.3, -0.25) is 0 Å². The molecule has 3 heteroatoms. The van der Waals surface area contributed by atoms with E-state index in [4.69, 9.17) is 4.42 Å². The van der Waals surface area contributed by atoms with Crippen LogP contribution < -0.4 is 0 Å². The molecule has 0 aliphatic heterocycles. The van der Waals surface area contributed by atoms with Crippen molar-refractivity contribution in [3.8, 4) is 11.3 Å². The van der Waals surface area contributed by atoms with E-state index in [9.17, 15) is 0 Å². The van der Waals surface area contributed by atoms with Crippen LogP contribution in [-0.2, 0) is 0 Å². The summed E-state index contributed by atoms with van der Waals surface area (Å²) >= 11 is 0. The quantitative estimate of drug-likeness (QED) is 0.600. The van der Waals surface area contributed by atoms with Crippen molar-refractivity contribution >= 4 is 11.2 Å². The molecule has 0 radical (unpaired) electrons. The molecule has 0 N–H and O–H groups in total. The molecule has 3 nitrogen and oxygen atoms in total. The maximum absolute atomic E-state index is 5.14. The van der Waals surface area contributed by atoms with Crippen LogP contribution in [0.3, 0.4) is 0 Å². The van der Waals surface area contributed by atoms with Gasteiger partial charge >= 0.3 is 0 Å². The molecule has 0 amide bonds. The molecule has 0 atom stereocenters. The zero-order valence-electron chi connectivity index (χ0n) is 7.92. The van der Waals surface area contributed by atoms with Crippen LogP contribution in [-0.4, -0.2) is 9.97 Å². The van der Waals surface area contributed by atoms with Crippen molar-refractivity contribution < 1.29 is 4.42 Å². The molecule has 15 heavy (non-hydrogen) atoms. The van der Waals surface area contributed by atoms with E-state index in [2.05, 4.69) is 9.97 Å². The summed E-state index contributed by atoms with van der Waals surface area (Å²) in [6.07, 6.45) is 3.32. The second-order valence-corrected chi connectivity index (χ2v) is 3.23. The van der Waals surface area contributed by atoms with Crippen LogP contribution in [0.25, 0.3) is 22.5 Å². The highest BCUT2D eigenvalue weighted by atomic mass is 16.3. The molecular formula is C12H8N2O. The Kier molecular flexibility index (Phi) is 1.75. The van der Waals surface area contributed by atoms with Crippen LogP contribution in [0.2, 0.25) is 0 Å². The summed E-state index contributed by atoms with van der Waals surface area (Å²) in [5, 5.41) is 0. The Hall–Kier alpha value is -2.16. The van der Waals surface area contributed by atoms with E-state index in [1.165, 1.54) is 0 Å². The largest absolute Gasteiger partial charge is 0.445 e. The molecule has 0 fully saturated rings. The van der Waals surface area contributed by atoms with Crippen LogP contribution in [0.15, 0.2) is 53.3 Å². The molecule has 1 aromatic carbocycles. The average Bonchev–Trinajstić information content (AvgIpc) is 2.77. The summed E-state index contributed by atoms with van der Waals surface area (Å²) in [7, 11) is 0. The summed E-state index contributed by atoms with van der Waals surface area (Å²) in [4.78, 5) is 8.64. The molecule has 2 aromatic heterocycles. The van der Waals surface area contributed by atoms with Crippen LogP contribution >= 0.6 is 0 Å². The highest BCUT2D eigenvalue weighted by Gasteiger charge is 2.03. The van der Waals surface area contributed by atoms with Gasteiger partial charge in [-0.1, -0.05) is 30.3 Å². The maximum Gasteiger partial charge on any atom is 0.245 e. The molecule has 0 saturated heterocycles. The first kappa shape index (κ1) is 8.17. The van der Waals surface area contributed by atoms with Gasteiger partial charge < -0.3 is 4.42 Å². The summed E-state index contributed by atoms with van der Waals surface area (Å²) in [6, 6.07) is 11.8. The standard InChI is InChI=1S/C12H8N2O/c1-2-4-9(5-3-1)11-8-13-12-10(14-11)6-7-15-12/h1-8H. The molecule has 3 aromatic rings. The third-order valence-corrected chi connectivity index (χ3v) is 2.24. The Balaban J connectivity index is 2.19. The van der Waals surface area contributed by atoms with Gasteiger partial charge in [-0.05, 0) is 0 Å². The summed E-state index contributed by atoms with van der Waals surface area (Å²) in [6.45, 7) is 0. The number of fused-ring (bicyclic) bond motifs is 1. The van der Waals surface area contributed by atoms with E-state index >= 15 is 0 Å². The highest BCUT2D eigenvalue weighted by Crippen LogP contribution is 2.18. The van der Waals surface area contributed by atoms with Crippen molar-refractivity contribution in [3.63, 3.8) is 0 Å². The van der Waals surface area contributed by atoms with Gasteiger partial charge in [0.05, 0.1) is 18.2 Å². The van der Waals surface area contributed by atoms with Crippen LogP contribution in [0.5, 0.6) is 0 Å². The normalized spacial score (nSPS) is 10.7. The van der Waals surface area contributed by atoms with Gasteiger partial charge in [-0.2, -0.15) is 0 Å². The van der Waals surface area contributed by atoms with Crippen molar-refractivity contribution in [2.75, 3.05) is 0 Å². The number of nitrogens with zero attached hydrogens (tertiary/aromatic N) is 2. The molecule has 0 aliphatic rings. The monoisotopic (exact) mass is 196 g/mol. The minimum absolute atomic E-state index is 0.578. The zero-order valence-corrected chi connectivity index (χ0v) is 7.92. The van der Waals surface area contributed by atoms with E-state index in [0.717, 1.165) is 16.8 Å². The highest BCUT2D eigenvalue weighted by molar-refractivity contribution is 5.72. The fourth-order valence-electron chi connectivity index (χ4n) is 1.50. The molecule has 0 saturated carbocycles. The van der Waals surface area contributed by atoms with Crippen LogP contribution in [0.1, 0.15) is 0 Å². The lowest BCUT2D eigenvalue weighted by atomic mass is 10.2. The van der Waals surface area contributed by atoms with E-state index in [1.807, 2.05) is 36.4 Å². The lowest BCUT2D eigenvalue weighted by Gasteiger charge is -1.98. The fraction of sp³-hybridized carbons (Fsp3) is 0. The van der Waals surface area contributed by atoms with Gasteiger partial charge in [0.1, 0.15) is 5.52 Å². The van der Waals surface area contributed by atoms with Crippen LogP contribution in [0.4, 0.5) is 0 Å². The number of hydrogen-bond donors (Lipinski definition) is 0. The third-order valence-electron chi connectivity index (χ3n) is 2.24. The first-order chi connectivity index (χ1) is 7.43. The number of aromatic nitrogens is 2. The van der Waals surface area contributed by atoms with E-state index < -0.39 is 0 Å². The van der Waals surface area contributed by atoms with Gasteiger partial charge in [0.2, 0.25) is 5.71 Å². The molecular weight excluding hydrogens is 188 g/mol. The Morgan fingerprint density at radius 2 is 1.87 bits per heavy atom. The summed E-state index contributed by atoms with van der Waals surface area (Å²) in [5.41, 5.74) is 3.30. The van der Waals surface area contributed by atoms with Crippen molar-refractivity contribution in [2.24, 2.45) is 0 Å². The predicted molar refractivity (Wildman–Crippen MR) is 57.2 cm³/mol. The van der Waals surface area contributed by atoms with Crippen LogP contribution in [0, 0.1) is 0 Å². The van der Waals surface area contributed by atoms with E-state index in [1.54, 1.807) is 12.5 Å². The lowest BCUT2D eigenvalue weighted by Crippen LogP contribution is -1.85. The molecule has 0 bridgehead atoms. The Labute approximate surface area is 86.4 Å². The number of furan rings is 1. The topological polar surface area (TPSA) is 38.9 Å². The minimum atomic E-state index is 0.578. The average molecular weight is 196 g/mol. The van der Waals surface area contributed by atoms with E-state index in [0.29, 0.717) is 5.71 Å². The lowest BCUT2D eigenvalue weighted by molar-refractivity contribution is 0.602. The molecule has 0 spiro atoms. The van der Waals surface area contributed by atoms with Crippen molar-refractivity contribution in [3.05, 3.63) is 48.9 Å². The molecule has 3 rings (SSSR count). The number of benzene rings is 1. The number of hydrogen-bond acceptors (Lipinski definition) is 3. The van der Waals surface area contributed by atoms with Gasteiger partial charge in [-0.15, -0.1) is 0 Å². The summed E-state index contributed by atoms with van der Waals surface area (Å²) < 4.78 is 5.14. The van der Waals surface area contributed by atoms with Crippen molar-refractivity contribution in [1.29, 1.82) is 0 Å². The third kappa shape index (κ3) is 1.38. The minimum Gasteiger partial charge on any atom is -0.445 e. The first-order valence-corrected chi connectivity index (χ1v) is 4.69. The maximum atomic E-state index is 5.14. The fourth-order valence-corrected chi connectivity index (χ4v) is 1.50. The second kappa shape index (κ2) is 3.20. The second-order valence-electron chi connectivity index (χ2n) is 3.23. The van der Waals surface area contributed by atoms with Crippen molar-refractivity contribution in [1.82, 2.24) is 9.97 Å². The Bertz CT molecular complexity index is 587. The van der Waals surface area contributed by atoms with E-state index in [-0.39, 0.29) is 0 Å². The summed E-state index contributed by atoms with van der Waals surface area (Å²) in [5.74, 6) is 0. The zero-order chi connectivity index (χ0) is 10.1. The van der Waals surface area contributed by atoms with Gasteiger partial charge in [0.25, 0.3) is 0 Å². The molecule has 0 unspecified atom stereocenters. The SMILES string of the molecule is c1ccc(-c2cnc3occc3n2)cc1. The molecule has 2 heterocycles. The van der Waals surface area contributed by atoms with Crippen molar-refractivity contribution in [2.45, 2.75) is 0 Å². The Morgan fingerprint density at radius 3 is 2.73 bits per heavy atom. The molecule has 72 valence electrons. The number of rotatable bonds is 1. The first-order valence-electron chi connectivity index (χ1n) is 4.69. The predicted octanol–water partition coefficient (Wildman–Crippen LogP) is 2.89. The Morgan fingerprint density at radius 1 is 1.00 bits per heavy atom. The molecule has 0 aliphatic carbocycles. The van der Waals surface area contributed by atoms with Gasteiger partial charge in [0, 0.05) is 11.6 Å².